The summed E-state index contributed by atoms with van der Waals surface area (Å²) >= 11 is 0. The van der Waals surface area contributed by atoms with Crippen molar-refractivity contribution in [2.45, 2.75) is 57.4 Å². The van der Waals surface area contributed by atoms with E-state index >= 15 is 0 Å². The minimum absolute atomic E-state index is 0.00978. The number of benzene rings is 1. The van der Waals surface area contributed by atoms with Crippen molar-refractivity contribution in [1.29, 1.82) is 0 Å². The van der Waals surface area contributed by atoms with E-state index in [9.17, 15) is 9.59 Å². The fourth-order valence-electron chi connectivity index (χ4n) is 4.03. The zero-order valence-corrected chi connectivity index (χ0v) is 14.9. The van der Waals surface area contributed by atoms with E-state index in [1.807, 2.05) is 35.2 Å². The number of carbonyl (C=O) groups excluding carboxylic acids is 2. The summed E-state index contributed by atoms with van der Waals surface area (Å²) in [7, 11) is 0. The number of para-hydroxylation sites is 1. The summed E-state index contributed by atoms with van der Waals surface area (Å²) in [5.41, 5.74) is 0.804. The van der Waals surface area contributed by atoms with Crippen molar-refractivity contribution >= 4 is 17.6 Å². The topological polar surface area (TPSA) is 61.4 Å². The number of carbonyl (C=O) groups is 2. The number of amides is 3. The van der Waals surface area contributed by atoms with Crippen LogP contribution in [-0.2, 0) is 4.79 Å². The summed E-state index contributed by atoms with van der Waals surface area (Å²) in [6, 6.07) is 9.50. The highest BCUT2D eigenvalue weighted by Crippen LogP contribution is 2.30. The average molecular weight is 343 g/mol. The fraction of sp³-hybridized carbons (Fsp3) is 0.600. The Kier molecular flexibility index (Phi) is 6.31. The molecule has 0 aromatic heterocycles. The summed E-state index contributed by atoms with van der Waals surface area (Å²) in [6.45, 7) is 1.49. The van der Waals surface area contributed by atoms with E-state index in [2.05, 4.69) is 10.6 Å². The lowest BCUT2D eigenvalue weighted by atomic mass is 9.82. The van der Waals surface area contributed by atoms with Crippen LogP contribution in [0.3, 0.4) is 0 Å². The maximum absolute atomic E-state index is 13.0. The van der Waals surface area contributed by atoms with Crippen LogP contribution in [0.5, 0.6) is 0 Å². The first kappa shape index (κ1) is 17.8. The van der Waals surface area contributed by atoms with Gasteiger partial charge in [-0.1, -0.05) is 43.9 Å². The van der Waals surface area contributed by atoms with Crippen molar-refractivity contribution in [1.82, 2.24) is 10.2 Å². The maximum atomic E-state index is 13.0. The van der Waals surface area contributed by atoms with E-state index < -0.39 is 0 Å². The first-order valence-corrected chi connectivity index (χ1v) is 9.66. The molecule has 3 rings (SSSR count). The molecule has 0 spiro atoms. The van der Waals surface area contributed by atoms with Crippen molar-refractivity contribution in [2.24, 2.45) is 5.92 Å². The lowest BCUT2D eigenvalue weighted by Gasteiger charge is -2.39. The van der Waals surface area contributed by atoms with Crippen molar-refractivity contribution in [2.75, 3.05) is 18.4 Å². The quantitative estimate of drug-likeness (QED) is 0.815. The monoisotopic (exact) mass is 343 g/mol. The van der Waals surface area contributed by atoms with Crippen molar-refractivity contribution in [3.63, 3.8) is 0 Å². The van der Waals surface area contributed by atoms with Gasteiger partial charge in [-0.15, -0.1) is 0 Å². The molecule has 5 nitrogen and oxygen atoms in total. The third-order valence-electron chi connectivity index (χ3n) is 5.38. The second-order valence-corrected chi connectivity index (χ2v) is 7.15. The van der Waals surface area contributed by atoms with Gasteiger partial charge in [-0.3, -0.25) is 4.79 Å². The molecule has 5 heteroatoms. The molecular weight excluding hydrogens is 314 g/mol. The predicted molar refractivity (Wildman–Crippen MR) is 99.4 cm³/mol. The standard InChI is InChI=1S/C20H29N3O2/c24-19-17-12-6-7-13-18(17)23(15-9-2-1-8-14-21-19)20(25)22-16-10-4-3-5-11-16/h3-5,10-11,17-18H,1-2,6-9,12-15H2,(H,21,24)(H,22,25). The Bertz CT molecular complexity index is 576. The van der Waals surface area contributed by atoms with Gasteiger partial charge >= 0.3 is 6.03 Å². The highest BCUT2D eigenvalue weighted by molar-refractivity contribution is 5.90. The van der Waals surface area contributed by atoms with Crippen LogP contribution in [0.4, 0.5) is 10.5 Å². The van der Waals surface area contributed by atoms with Gasteiger partial charge in [0.1, 0.15) is 0 Å². The maximum Gasteiger partial charge on any atom is 0.322 e. The third kappa shape index (κ3) is 4.74. The molecule has 1 saturated heterocycles. The lowest BCUT2D eigenvalue weighted by molar-refractivity contribution is -0.127. The molecule has 1 aliphatic heterocycles. The van der Waals surface area contributed by atoms with Crippen LogP contribution in [-0.4, -0.2) is 36.0 Å². The first-order chi connectivity index (χ1) is 12.3. The summed E-state index contributed by atoms with van der Waals surface area (Å²) in [5, 5.41) is 6.11. The van der Waals surface area contributed by atoms with Gasteiger partial charge in [0.2, 0.25) is 5.91 Å². The van der Waals surface area contributed by atoms with E-state index in [0.29, 0.717) is 0 Å². The molecule has 1 aromatic carbocycles. The van der Waals surface area contributed by atoms with E-state index in [4.69, 9.17) is 0 Å². The van der Waals surface area contributed by atoms with Crippen LogP contribution in [0.2, 0.25) is 0 Å². The Hall–Kier alpha value is -2.04. The molecule has 1 aliphatic carbocycles. The van der Waals surface area contributed by atoms with Gasteiger partial charge in [-0.25, -0.2) is 4.79 Å². The van der Waals surface area contributed by atoms with Crippen LogP contribution in [0, 0.1) is 5.92 Å². The van der Waals surface area contributed by atoms with Gasteiger partial charge in [-0.2, -0.15) is 0 Å². The molecule has 2 N–H and O–H groups in total. The zero-order chi connectivity index (χ0) is 17.5. The molecule has 0 radical (unpaired) electrons. The molecule has 25 heavy (non-hydrogen) atoms. The van der Waals surface area contributed by atoms with Crippen LogP contribution in [0.1, 0.15) is 51.4 Å². The minimum atomic E-state index is -0.0756. The van der Waals surface area contributed by atoms with Crippen molar-refractivity contribution < 1.29 is 9.59 Å². The molecule has 2 aliphatic rings. The number of hydrogen-bond acceptors (Lipinski definition) is 2. The Morgan fingerprint density at radius 3 is 2.60 bits per heavy atom. The normalized spacial score (nSPS) is 25.3. The Labute approximate surface area is 150 Å². The second-order valence-electron chi connectivity index (χ2n) is 7.15. The van der Waals surface area contributed by atoms with Crippen LogP contribution >= 0.6 is 0 Å². The number of nitrogens with one attached hydrogen (secondary N) is 2. The third-order valence-corrected chi connectivity index (χ3v) is 5.38. The Balaban J connectivity index is 1.78. The minimum Gasteiger partial charge on any atom is -0.356 e. The number of rotatable bonds is 1. The SMILES string of the molecule is O=C1NCCCCCCN(C(=O)Nc2ccccc2)C2CCCCC12. The summed E-state index contributed by atoms with van der Waals surface area (Å²) in [6.07, 6.45) is 8.18. The lowest BCUT2D eigenvalue weighted by Crippen LogP contribution is -2.52. The Morgan fingerprint density at radius 1 is 1.00 bits per heavy atom. The zero-order valence-electron chi connectivity index (χ0n) is 14.9. The molecule has 2 fully saturated rings. The molecule has 1 heterocycles. The highest BCUT2D eigenvalue weighted by atomic mass is 16.2. The van der Waals surface area contributed by atoms with Crippen LogP contribution < -0.4 is 10.6 Å². The van der Waals surface area contributed by atoms with Crippen molar-refractivity contribution in [3.05, 3.63) is 30.3 Å². The number of anilines is 1. The van der Waals surface area contributed by atoms with Gasteiger partial charge in [0.25, 0.3) is 0 Å². The van der Waals surface area contributed by atoms with Gasteiger partial charge < -0.3 is 15.5 Å². The number of urea groups is 1. The number of fused-ring (bicyclic) bond motifs is 1. The molecular formula is C20H29N3O2. The fourth-order valence-corrected chi connectivity index (χ4v) is 4.03. The van der Waals surface area contributed by atoms with Crippen LogP contribution in [0.25, 0.3) is 0 Å². The largest absolute Gasteiger partial charge is 0.356 e. The molecule has 2 atom stereocenters. The summed E-state index contributed by atoms with van der Waals surface area (Å²) in [5.74, 6) is 0.0532. The number of hydrogen-bond donors (Lipinski definition) is 2. The van der Waals surface area contributed by atoms with Gasteiger partial charge in [0, 0.05) is 24.8 Å². The average Bonchev–Trinajstić information content (AvgIpc) is 2.67. The van der Waals surface area contributed by atoms with E-state index in [1.54, 1.807) is 0 Å². The van der Waals surface area contributed by atoms with Crippen LogP contribution in [0.15, 0.2) is 30.3 Å². The van der Waals surface area contributed by atoms with E-state index in [0.717, 1.165) is 70.1 Å². The molecule has 1 aromatic rings. The molecule has 0 bridgehead atoms. The first-order valence-electron chi connectivity index (χ1n) is 9.66. The molecule has 2 unspecified atom stereocenters. The van der Waals surface area contributed by atoms with Gasteiger partial charge in [-0.05, 0) is 37.8 Å². The summed E-state index contributed by atoms with van der Waals surface area (Å²) < 4.78 is 0. The van der Waals surface area contributed by atoms with E-state index in [1.165, 1.54) is 0 Å². The molecule has 136 valence electrons. The number of nitrogens with zero attached hydrogens (tertiary/aromatic N) is 1. The molecule has 1 saturated carbocycles. The predicted octanol–water partition coefficient (Wildman–Crippen LogP) is 3.77. The Morgan fingerprint density at radius 2 is 1.76 bits per heavy atom. The highest BCUT2D eigenvalue weighted by Gasteiger charge is 2.37. The summed E-state index contributed by atoms with van der Waals surface area (Å²) in [4.78, 5) is 27.5. The van der Waals surface area contributed by atoms with Crippen molar-refractivity contribution in [3.8, 4) is 0 Å². The van der Waals surface area contributed by atoms with Gasteiger partial charge in [0.05, 0.1) is 5.92 Å². The second kappa shape index (κ2) is 8.88. The van der Waals surface area contributed by atoms with Gasteiger partial charge in [0.15, 0.2) is 0 Å². The smallest absolute Gasteiger partial charge is 0.322 e. The van der Waals surface area contributed by atoms with E-state index in [-0.39, 0.29) is 23.9 Å². The molecule has 3 amide bonds.